The summed E-state index contributed by atoms with van der Waals surface area (Å²) in [6.45, 7) is 2.52. The van der Waals surface area contributed by atoms with Gasteiger partial charge in [0, 0.05) is 12.8 Å². The van der Waals surface area contributed by atoms with Gasteiger partial charge >= 0.3 is 25.7 Å². The molecule has 11 nitrogen and oxygen atoms in total. The number of unbranched alkanes of at least 4 members (excludes halogenated alkanes) is 10. The summed E-state index contributed by atoms with van der Waals surface area (Å²) in [6, 6.07) is -1.53. The van der Waals surface area contributed by atoms with Gasteiger partial charge in [-0.15, -0.1) is 0 Å². The minimum absolute atomic E-state index is 0.134. The molecule has 0 spiro atoms. The molecule has 54 heavy (non-hydrogen) atoms. The topological polar surface area (TPSA) is 172 Å². The number of carbonyl (C=O) groups excluding carboxylic acids is 2. The standard InChI is InChI=1S/C42H70NO10P/c1-3-5-7-9-11-13-15-17-19-21-23-25-27-29-31-33-40(44)50-35-38(36-51-54(48,49)52-37-39(43)42(46)47)53-41(45)34-32-30-28-26-24-22-20-18-16-14-12-10-8-6-4-2/h5-8,11-14,17-20,38-39H,3-4,9-10,15-16,21-37,43H2,1-2H3,(H,46,47)(H,48,49)/b7-5-,8-6-,13-11-,14-12-,19-17-,20-18-/t38-,39+/m1/s1. The van der Waals surface area contributed by atoms with Crippen LogP contribution in [0.1, 0.15) is 142 Å². The Morgan fingerprint density at radius 2 is 0.981 bits per heavy atom. The summed E-state index contributed by atoms with van der Waals surface area (Å²) < 4.78 is 32.6. The fourth-order valence-electron chi connectivity index (χ4n) is 4.86. The number of allylic oxidation sites excluding steroid dienone is 12. The largest absolute Gasteiger partial charge is 0.480 e. The van der Waals surface area contributed by atoms with Gasteiger partial charge in [0.2, 0.25) is 0 Å². The fourth-order valence-corrected chi connectivity index (χ4v) is 5.63. The molecule has 0 aromatic carbocycles. The Kier molecular flexibility index (Phi) is 34.8. The average Bonchev–Trinajstić information content (AvgIpc) is 3.14. The van der Waals surface area contributed by atoms with Crippen LogP contribution in [0.4, 0.5) is 0 Å². The molecule has 0 saturated heterocycles. The fraction of sp³-hybridized carbons (Fsp3) is 0.643. The molecule has 0 radical (unpaired) electrons. The van der Waals surface area contributed by atoms with E-state index >= 15 is 0 Å². The van der Waals surface area contributed by atoms with Crippen molar-refractivity contribution in [2.45, 2.75) is 154 Å². The minimum atomic E-state index is -4.73. The molecule has 0 saturated carbocycles. The molecule has 0 rings (SSSR count). The van der Waals surface area contributed by atoms with E-state index in [1.807, 2.05) is 0 Å². The summed E-state index contributed by atoms with van der Waals surface area (Å²) in [7, 11) is -4.73. The number of rotatable bonds is 36. The molecule has 0 aliphatic carbocycles. The quantitative estimate of drug-likeness (QED) is 0.0239. The number of hydrogen-bond donors (Lipinski definition) is 3. The van der Waals surface area contributed by atoms with Crippen LogP contribution in [0.25, 0.3) is 0 Å². The number of phosphoric ester groups is 1. The Morgan fingerprint density at radius 3 is 1.46 bits per heavy atom. The number of ether oxygens (including phenoxy) is 2. The van der Waals surface area contributed by atoms with Crippen molar-refractivity contribution in [3.05, 3.63) is 72.9 Å². The zero-order valence-corrected chi connectivity index (χ0v) is 33.9. The number of aliphatic carboxylic acids is 1. The normalized spacial score (nSPS) is 14.6. The number of hydrogen-bond acceptors (Lipinski definition) is 9. The van der Waals surface area contributed by atoms with Crippen LogP contribution in [-0.4, -0.2) is 59.9 Å². The van der Waals surface area contributed by atoms with Gasteiger partial charge < -0.3 is 25.2 Å². The third-order valence-electron chi connectivity index (χ3n) is 7.95. The van der Waals surface area contributed by atoms with Gasteiger partial charge in [-0.2, -0.15) is 0 Å². The summed E-state index contributed by atoms with van der Waals surface area (Å²) >= 11 is 0. The van der Waals surface area contributed by atoms with Crippen molar-refractivity contribution in [3.8, 4) is 0 Å². The molecular formula is C42H70NO10P. The van der Waals surface area contributed by atoms with Gasteiger partial charge in [0.1, 0.15) is 12.6 Å². The first-order chi connectivity index (χ1) is 26.1. The highest BCUT2D eigenvalue weighted by molar-refractivity contribution is 7.47. The molecule has 0 aliphatic heterocycles. The van der Waals surface area contributed by atoms with Crippen LogP contribution in [0.5, 0.6) is 0 Å². The van der Waals surface area contributed by atoms with E-state index in [9.17, 15) is 23.8 Å². The van der Waals surface area contributed by atoms with Crippen molar-refractivity contribution >= 4 is 25.7 Å². The number of esters is 2. The van der Waals surface area contributed by atoms with E-state index in [1.54, 1.807) is 0 Å². The molecule has 1 unspecified atom stereocenters. The highest BCUT2D eigenvalue weighted by Crippen LogP contribution is 2.43. The van der Waals surface area contributed by atoms with Crippen LogP contribution in [-0.2, 0) is 37.5 Å². The molecule has 3 atom stereocenters. The molecule has 0 fully saturated rings. The summed E-state index contributed by atoms with van der Waals surface area (Å²) in [4.78, 5) is 45.8. The SMILES string of the molecule is CC/C=C\C/C=C\C/C=C\CCCCCCCC(=O)OC[C@H](COP(=O)(O)OC[C@H](N)C(=O)O)OC(=O)CCCCCCC/C=C\C/C=C\C/C=C\CC. The van der Waals surface area contributed by atoms with Crippen LogP contribution in [0.3, 0.4) is 0 Å². The van der Waals surface area contributed by atoms with Crippen LogP contribution < -0.4 is 5.73 Å². The molecule has 0 amide bonds. The van der Waals surface area contributed by atoms with Gasteiger partial charge in [-0.3, -0.25) is 23.4 Å². The maximum atomic E-state index is 12.6. The first kappa shape index (κ1) is 50.9. The molecule has 12 heteroatoms. The van der Waals surface area contributed by atoms with Gasteiger partial charge in [0.15, 0.2) is 6.10 Å². The van der Waals surface area contributed by atoms with Gasteiger partial charge in [0.05, 0.1) is 13.2 Å². The Bertz CT molecular complexity index is 1190. The Balaban J connectivity index is 4.48. The Hall–Kier alpha value is -3.08. The number of carboxylic acid groups (broad SMARTS) is 1. The predicted octanol–water partition coefficient (Wildman–Crippen LogP) is 10.2. The van der Waals surface area contributed by atoms with Gasteiger partial charge in [-0.1, -0.05) is 125 Å². The highest BCUT2D eigenvalue weighted by Gasteiger charge is 2.28. The summed E-state index contributed by atoms with van der Waals surface area (Å²) in [5.74, 6) is -2.43. The lowest BCUT2D eigenvalue weighted by Gasteiger charge is -2.20. The smallest absolute Gasteiger partial charge is 0.472 e. The second-order valence-electron chi connectivity index (χ2n) is 13.0. The van der Waals surface area contributed by atoms with E-state index < -0.39 is 51.1 Å². The molecular weight excluding hydrogens is 709 g/mol. The van der Waals surface area contributed by atoms with Crippen LogP contribution in [0.2, 0.25) is 0 Å². The van der Waals surface area contributed by atoms with Crippen molar-refractivity contribution < 1.29 is 47.5 Å². The Labute approximate surface area is 325 Å². The molecule has 0 aliphatic rings. The molecule has 0 heterocycles. The monoisotopic (exact) mass is 779 g/mol. The number of nitrogens with two attached hydrogens (primary N) is 1. The number of carboxylic acids is 1. The Morgan fingerprint density at radius 1 is 0.574 bits per heavy atom. The number of carbonyl (C=O) groups is 3. The summed E-state index contributed by atoms with van der Waals surface area (Å²) in [5.41, 5.74) is 5.32. The highest BCUT2D eigenvalue weighted by atomic mass is 31.2. The van der Waals surface area contributed by atoms with E-state index in [-0.39, 0.29) is 19.4 Å². The lowest BCUT2D eigenvalue weighted by atomic mass is 10.1. The van der Waals surface area contributed by atoms with E-state index in [0.29, 0.717) is 12.8 Å². The zero-order valence-electron chi connectivity index (χ0n) is 33.0. The average molecular weight is 780 g/mol. The van der Waals surface area contributed by atoms with Crippen molar-refractivity contribution in [2.75, 3.05) is 19.8 Å². The maximum absolute atomic E-state index is 12.6. The predicted molar refractivity (Wildman–Crippen MR) is 217 cm³/mol. The van der Waals surface area contributed by atoms with E-state index in [2.05, 4.69) is 91.3 Å². The lowest BCUT2D eigenvalue weighted by molar-refractivity contribution is -0.161. The maximum Gasteiger partial charge on any atom is 0.472 e. The third kappa shape index (κ3) is 35.9. The zero-order chi connectivity index (χ0) is 40.0. The van der Waals surface area contributed by atoms with E-state index in [4.69, 9.17) is 24.8 Å². The first-order valence-electron chi connectivity index (χ1n) is 20.0. The van der Waals surface area contributed by atoms with Gasteiger partial charge in [-0.05, 0) is 77.0 Å². The van der Waals surface area contributed by atoms with Crippen molar-refractivity contribution in [2.24, 2.45) is 5.73 Å². The third-order valence-corrected chi connectivity index (χ3v) is 8.90. The van der Waals surface area contributed by atoms with Crippen molar-refractivity contribution in [1.29, 1.82) is 0 Å². The molecule has 0 aromatic heterocycles. The van der Waals surface area contributed by atoms with E-state index in [1.165, 1.54) is 0 Å². The minimum Gasteiger partial charge on any atom is -0.480 e. The van der Waals surface area contributed by atoms with Crippen LogP contribution in [0.15, 0.2) is 72.9 Å². The second-order valence-corrected chi connectivity index (χ2v) is 14.5. The first-order valence-corrected chi connectivity index (χ1v) is 21.5. The lowest BCUT2D eigenvalue weighted by Crippen LogP contribution is -2.34. The van der Waals surface area contributed by atoms with Crippen molar-refractivity contribution in [3.63, 3.8) is 0 Å². The summed E-state index contributed by atoms with van der Waals surface area (Å²) in [5, 5.41) is 8.87. The van der Waals surface area contributed by atoms with Crippen LogP contribution in [0, 0.1) is 0 Å². The second kappa shape index (κ2) is 36.9. The molecule has 0 bridgehead atoms. The summed E-state index contributed by atoms with van der Waals surface area (Å²) in [6.07, 6.45) is 42.5. The molecule has 308 valence electrons. The molecule has 4 N–H and O–H groups in total. The van der Waals surface area contributed by atoms with Crippen molar-refractivity contribution in [1.82, 2.24) is 0 Å². The van der Waals surface area contributed by atoms with Gasteiger partial charge in [-0.25, -0.2) is 4.57 Å². The van der Waals surface area contributed by atoms with Gasteiger partial charge in [0.25, 0.3) is 0 Å². The molecule has 0 aromatic rings. The number of phosphoric acid groups is 1. The van der Waals surface area contributed by atoms with Crippen LogP contribution >= 0.6 is 7.82 Å². The van der Waals surface area contributed by atoms with E-state index in [0.717, 1.165) is 103 Å².